The molecule has 0 saturated carbocycles. The van der Waals surface area contributed by atoms with E-state index in [4.69, 9.17) is 0 Å². The quantitative estimate of drug-likeness (QED) is 0.424. The van der Waals surface area contributed by atoms with E-state index in [0.29, 0.717) is 5.91 Å². The lowest BCUT2D eigenvalue weighted by atomic mass is 10.1. The number of nitrogens with zero attached hydrogens (tertiary/aromatic N) is 1. The first-order chi connectivity index (χ1) is 3.80. The molecule has 3 radical (unpaired) electrons. The second-order valence-corrected chi connectivity index (χ2v) is 2.27. The molecule has 0 aromatic carbocycles. The average molecular weight is 124 g/mol. The number of piperidine rings is 1. The SMILES string of the molecule is CN1CCCCC1=O.[B]. The van der Waals surface area contributed by atoms with Crippen molar-refractivity contribution in [2.75, 3.05) is 13.6 Å². The molecule has 9 heavy (non-hydrogen) atoms. The zero-order chi connectivity index (χ0) is 5.98. The molecule has 1 fully saturated rings. The van der Waals surface area contributed by atoms with Gasteiger partial charge in [-0.3, -0.25) is 4.79 Å². The normalized spacial score (nSPS) is 19.2. The molecule has 2 nitrogen and oxygen atoms in total. The van der Waals surface area contributed by atoms with E-state index in [1.54, 1.807) is 4.90 Å². The summed E-state index contributed by atoms with van der Waals surface area (Å²) in [5.41, 5.74) is 0. The van der Waals surface area contributed by atoms with Gasteiger partial charge in [0.2, 0.25) is 5.91 Å². The lowest BCUT2D eigenvalue weighted by Crippen LogP contribution is -2.31. The van der Waals surface area contributed by atoms with Gasteiger partial charge < -0.3 is 4.90 Å². The molecular formula is C6H11BNO. The molecule has 0 atom stereocenters. The summed E-state index contributed by atoms with van der Waals surface area (Å²) in [4.78, 5) is 12.5. The summed E-state index contributed by atoms with van der Waals surface area (Å²) in [6.45, 7) is 0.957. The standard InChI is InChI=1S/C6H11NO.B/c1-7-5-3-2-4-6(7)8;/h2-5H2,1H3;. The Morgan fingerprint density at radius 3 is 2.44 bits per heavy atom. The van der Waals surface area contributed by atoms with Crippen molar-refractivity contribution in [3.05, 3.63) is 0 Å². The first-order valence-electron chi connectivity index (χ1n) is 3.04. The molecule has 1 heterocycles. The van der Waals surface area contributed by atoms with Gasteiger partial charge in [-0.2, -0.15) is 0 Å². The van der Waals surface area contributed by atoms with Gasteiger partial charge in [-0.1, -0.05) is 0 Å². The van der Waals surface area contributed by atoms with E-state index in [9.17, 15) is 4.79 Å². The summed E-state index contributed by atoms with van der Waals surface area (Å²) in [6.07, 6.45) is 3.03. The van der Waals surface area contributed by atoms with Crippen LogP contribution in [-0.2, 0) is 4.79 Å². The molecule has 0 N–H and O–H groups in total. The molecular weight excluding hydrogens is 113 g/mol. The minimum Gasteiger partial charge on any atom is -0.346 e. The van der Waals surface area contributed by atoms with E-state index in [-0.39, 0.29) is 8.41 Å². The Balaban J connectivity index is 0.000000640. The van der Waals surface area contributed by atoms with Gasteiger partial charge >= 0.3 is 0 Å². The van der Waals surface area contributed by atoms with Crippen LogP contribution in [0.2, 0.25) is 0 Å². The molecule has 0 unspecified atom stereocenters. The van der Waals surface area contributed by atoms with Gasteiger partial charge in [-0.05, 0) is 12.8 Å². The monoisotopic (exact) mass is 124 g/mol. The van der Waals surface area contributed by atoms with Gasteiger partial charge in [-0.25, -0.2) is 0 Å². The minimum absolute atomic E-state index is 0. The molecule has 1 amide bonds. The highest BCUT2D eigenvalue weighted by atomic mass is 16.2. The van der Waals surface area contributed by atoms with Gasteiger partial charge in [0, 0.05) is 28.4 Å². The van der Waals surface area contributed by atoms with Crippen LogP contribution in [0.15, 0.2) is 0 Å². The highest BCUT2D eigenvalue weighted by Gasteiger charge is 2.12. The fraction of sp³-hybridized carbons (Fsp3) is 0.833. The Kier molecular flexibility index (Phi) is 3.36. The average Bonchev–Trinajstić information content (AvgIpc) is 1.77. The van der Waals surface area contributed by atoms with E-state index in [0.717, 1.165) is 19.4 Å². The molecule has 1 aliphatic heterocycles. The summed E-state index contributed by atoms with van der Waals surface area (Å²) >= 11 is 0. The Morgan fingerprint density at radius 1 is 1.44 bits per heavy atom. The maximum absolute atomic E-state index is 10.7. The van der Waals surface area contributed by atoms with Crippen molar-refractivity contribution in [2.45, 2.75) is 19.3 Å². The third-order valence-electron chi connectivity index (χ3n) is 1.56. The molecule has 0 spiro atoms. The molecule has 1 rings (SSSR count). The van der Waals surface area contributed by atoms with Crippen molar-refractivity contribution in [2.24, 2.45) is 0 Å². The van der Waals surface area contributed by atoms with Gasteiger partial charge in [0.15, 0.2) is 0 Å². The fourth-order valence-electron chi connectivity index (χ4n) is 0.941. The van der Waals surface area contributed by atoms with Gasteiger partial charge in [0.1, 0.15) is 0 Å². The smallest absolute Gasteiger partial charge is 0.222 e. The van der Waals surface area contributed by atoms with Crippen molar-refractivity contribution in [1.29, 1.82) is 0 Å². The molecule has 0 aliphatic carbocycles. The van der Waals surface area contributed by atoms with Crippen LogP contribution >= 0.6 is 0 Å². The van der Waals surface area contributed by atoms with E-state index in [2.05, 4.69) is 0 Å². The van der Waals surface area contributed by atoms with Crippen LogP contribution in [0.25, 0.3) is 0 Å². The molecule has 0 aromatic heterocycles. The van der Waals surface area contributed by atoms with Crippen LogP contribution in [0.3, 0.4) is 0 Å². The highest BCUT2D eigenvalue weighted by molar-refractivity contribution is 5.76. The third-order valence-corrected chi connectivity index (χ3v) is 1.56. The predicted octanol–water partition coefficient (Wildman–Crippen LogP) is 0.248. The van der Waals surface area contributed by atoms with E-state index < -0.39 is 0 Å². The second-order valence-electron chi connectivity index (χ2n) is 2.27. The molecule has 1 aliphatic rings. The zero-order valence-corrected chi connectivity index (χ0v) is 5.76. The Morgan fingerprint density at radius 2 is 2.11 bits per heavy atom. The Hall–Kier alpha value is -0.465. The zero-order valence-electron chi connectivity index (χ0n) is 5.76. The first kappa shape index (κ1) is 8.53. The lowest BCUT2D eigenvalue weighted by Gasteiger charge is -2.21. The van der Waals surface area contributed by atoms with Crippen LogP contribution in [0.5, 0.6) is 0 Å². The van der Waals surface area contributed by atoms with Crippen LogP contribution < -0.4 is 0 Å². The maximum Gasteiger partial charge on any atom is 0.222 e. The lowest BCUT2D eigenvalue weighted by molar-refractivity contribution is -0.131. The number of amides is 1. The number of hydrogen-bond donors (Lipinski definition) is 0. The van der Waals surface area contributed by atoms with Crippen molar-refractivity contribution in [1.82, 2.24) is 4.90 Å². The van der Waals surface area contributed by atoms with Gasteiger partial charge in [0.25, 0.3) is 0 Å². The number of carbonyl (C=O) groups excluding carboxylic acids is 1. The second kappa shape index (κ2) is 3.54. The maximum atomic E-state index is 10.7. The van der Waals surface area contributed by atoms with E-state index >= 15 is 0 Å². The fourth-order valence-corrected chi connectivity index (χ4v) is 0.941. The molecule has 0 aromatic rings. The number of likely N-dealkylation sites (tertiary alicyclic amines) is 1. The summed E-state index contributed by atoms with van der Waals surface area (Å²) in [6, 6.07) is 0. The molecule has 3 heteroatoms. The molecule has 49 valence electrons. The van der Waals surface area contributed by atoms with Gasteiger partial charge in [-0.15, -0.1) is 0 Å². The van der Waals surface area contributed by atoms with Crippen LogP contribution in [0, 0.1) is 0 Å². The summed E-state index contributed by atoms with van der Waals surface area (Å²) in [7, 11) is 1.86. The van der Waals surface area contributed by atoms with Crippen molar-refractivity contribution in [3.63, 3.8) is 0 Å². The number of carbonyl (C=O) groups is 1. The van der Waals surface area contributed by atoms with Crippen LogP contribution in [0.4, 0.5) is 0 Å². The first-order valence-corrected chi connectivity index (χ1v) is 3.04. The summed E-state index contributed by atoms with van der Waals surface area (Å²) in [5.74, 6) is 0.302. The Bertz CT molecular complexity index is 105. The highest BCUT2D eigenvalue weighted by Crippen LogP contribution is 2.06. The largest absolute Gasteiger partial charge is 0.346 e. The number of rotatable bonds is 0. The number of hydrogen-bond acceptors (Lipinski definition) is 1. The van der Waals surface area contributed by atoms with E-state index in [1.807, 2.05) is 7.05 Å². The van der Waals surface area contributed by atoms with Gasteiger partial charge in [0.05, 0.1) is 0 Å². The Labute approximate surface area is 57.8 Å². The molecule has 1 saturated heterocycles. The van der Waals surface area contributed by atoms with Crippen molar-refractivity contribution >= 4 is 14.3 Å². The van der Waals surface area contributed by atoms with Crippen molar-refractivity contribution < 1.29 is 4.79 Å². The predicted molar refractivity (Wildman–Crippen MR) is 37.2 cm³/mol. The molecule has 0 bridgehead atoms. The van der Waals surface area contributed by atoms with Crippen molar-refractivity contribution in [3.8, 4) is 0 Å². The van der Waals surface area contributed by atoms with Crippen LogP contribution in [-0.4, -0.2) is 32.8 Å². The minimum atomic E-state index is 0. The van der Waals surface area contributed by atoms with E-state index in [1.165, 1.54) is 6.42 Å². The third kappa shape index (κ3) is 2.08. The summed E-state index contributed by atoms with van der Waals surface area (Å²) < 4.78 is 0. The topological polar surface area (TPSA) is 20.3 Å². The summed E-state index contributed by atoms with van der Waals surface area (Å²) in [5, 5.41) is 0. The van der Waals surface area contributed by atoms with Crippen LogP contribution in [0.1, 0.15) is 19.3 Å².